The Morgan fingerprint density at radius 1 is 1.25 bits per heavy atom. The van der Waals surface area contributed by atoms with Gasteiger partial charge in [0.2, 0.25) is 0 Å². The molecular weight excluding hydrogens is 393 g/mol. The minimum atomic E-state index is -0.345. The van der Waals surface area contributed by atoms with Crippen LogP contribution in [0.1, 0.15) is 15.9 Å². The lowest BCUT2D eigenvalue weighted by atomic mass is 10.0. The lowest BCUT2D eigenvalue weighted by Gasteiger charge is -2.07. The van der Waals surface area contributed by atoms with Gasteiger partial charge in [0.1, 0.15) is 23.8 Å². The fourth-order valence-corrected chi connectivity index (χ4v) is 2.71. The number of rotatable bonds is 5. The van der Waals surface area contributed by atoms with Gasteiger partial charge in [-0.2, -0.15) is 0 Å². The average molecular weight is 404 g/mol. The fraction of sp³-hybridized carbons (Fsp3) is 0.0714. The minimum Gasteiger partial charge on any atom is -0.507 e. The zero-order chi connectivity index (χ0) is 14.5. The molecule has 0 spiro atoms. The van der Waals surface area contributed by atoms with E-state index in [-0.39, 0.29) is 35.8 Å². The van der Waals surface area contributed by atoms with Gasteiger partial charge in [0.25, 0.3) is 0 Å². The maximum absolute atomic E-state index is 12.8. The maximum Gasteiger partial charge on any atom is 0.171 e. The third kappa shape index (κ3) is 3.90. The number of halogens is 2. The van der Waals surface area contributed by atoms with Crippen LogP contribution in [0.25, 0.3) is 0 Å². The lowest BCUT2D eigenvalue weighted by molar-refractivity contribution is 0.0990. The molecule has 0 aliphatic rings. The van der Waals surface area contributed by atoms with Gasteiger partial charge in [-0.05, 0) is 57.9 Å². The number of ketones is 1. The summed E-state index contributed by atoms with van der Waals surface area (Å²) < 4.78 is 18.1. The van der Waals surface area contributed by atoms with E-state index in [9.17, 15) is 14.3 Å². The van der Waals surface area contributed by atoms with Gasteiger partial charge in [-0.3, -0.25) is 4.79 Å². The van der Waals surface area contributed by atoms with Gasteiger partial charge in [0.05, 0.1) is 5.56 Å². The van der Waals surface area contributed by atoms with Crippen LogP contribution < -0.4 is 4.52 Å². The molecular formula is C14H11FIO3P. The Morgan fingerprint density at radius 2 is 1.95 bits per heavy atom. The zero-order valence-corrected chi connectivity index (χ0v) is 13.4. The highest BCUT2D eigenvalue weighted by molar-refractivity contribution is 14.2. The highest BCUT2D eigenvalue weighted by Crippen LogP contribution is 2.30. The summed E-state index contributed by atoms with van der Waals surface area (Å²) in [6.45, 7) is 0.229. The lowest BCUT2D eigenvalue weighted by Crippen LogP contribution is -2.04. The van der Waals surface area contributed by atoms with E-state index in [1.165, 1.54) is 24.3 Å². The number of phenolic OH excluding ortho intramolecular Hbond substituents is 1. The molecule has 0 aliphatic carbocycles. The maximum atomic E-state index is 12.8. The van der Waals surface area contributed by atoms with Crippen molar-refractivity contribution in [1.29, 1.82) is 0 Å². The van der Waals surface area contributed by atoms with Crippen molar-refractivity contribution >= 4 is 34.3 Å². The summed E-state index contributed by atoms with van der Waals surface area (Å²) in [5.74, 6) is -0.127. The summed E-state index contributed by atoms with van der Waals surface area (Å²) in [7, 11) is 0. The molecule has 0 saturated heterocycles. The minimum absolute atomic E-state index is 0.0822. The second kappa shape index (κ2) is 6.99. The van der Waals surface area contributed by atoms with Gasteiger partial charge in [0, 0.05) is 6.42 Å². The van der Waals surface area contributed by atoms with Crippen molar-refractivity contribution in [3.63, 3.8) is 0 Å². The number of hydrogen-bond acceptors (Lipinski definition) is 3. The SMILES string of the molecule is O=C(Cc1ccc(F)cc1)c1cc(OPI)ccc1O. The van der Waals surface area contributed by atoms with Crippen LogP contribution in [0.2, 0.25) is 0 Å². The van der Waals surface area contributed by atoms with Gasteiger partial charge in [-0.1, -0.05) is 12.1 Å². The summed E-state index contributed by atoms with van der Waals surface area (Å²) in [5.41, 5.74) is 0.902. The van der Waals surface area contributed by atoms with Crippen LogP contribution >= 0.6 is 28.5 Å². The Kier molecular flexibility index (Phi) is 5.31. The van der Waals surface area contributed by atoms with Crippen molar-refractivity contribution in [2.24, 2.45) is 0 Å². The highest BCUT2D eigenvalue weighted by Gasteiger charge is 2.13. The smallest absolute Gasteiger partial charge is 0.171 e. The van der Waals surface area contributed by atoms with E-state index >= 15 is 0 Å². The number of hydrogen-bond donors (Lipinski definition) is 1. The molecule has 0 heterocycles. The van der Waals surface area contributed by atoms with E-state index in [1.807, 2.05) is 0 Å². The first kappa shape index (κ1) is 15.2. The first-order valence-electron chi connectivity index (χ1n) is 5.73. The largest absolute Gasteiger partial charge is 0.507 e. The summed E-state index contributed by atoms with van der Waals surface area (Å²) >= 11 is 2.07. The van der Waals surface area contributed by atoms with E-state index in [0.29, 0.717) is 11.3 Å². The monoisotopic (exact) mass is 404 g/mol. The zero-order valence-electron chi connectivity index (χ0n) is 10.3. The average Bonchev–Trinajstić information content (AvgIpc) is 2.43. The summed E-state index contributed by atoms with van der Waals surface area (Å²) in [4.78, 5) is 12.2. The molecule has 2 rings (SSSR count). The van der Waals surface area contributed by atoms with Gasteiger partial charge < -0.3 is 9.63 Å². The van der Waals surface area contributed by atoms with E-state index < -0.39 is 0 Å². The van der Waals surface area contributed by atoms with Gasteiger partial charge in [0.15, 0.2) is 5.78 Å². The van der Waals surface area contributed by atoms with Crippen molar-refractivity contribution in [3.05, 3.63) is 59.4 Å². The molecule has 0 aliphatic heterocycles. The van der Waals surface area contributed by atoms with Crippen molar-refractivity contribution in [2.75, 3.05) is 0 Å². The molecule has 0 saturated carbocycles. The van der Waals surface area contributed by atoms with Crippen molar-refractivity contribution < 1.29 is 18.8 Å². The van der Waals surface area contributed by atoms with Gasteiger partial charge in [-0.25, -0.2) is 4.39 Å². The molecule has 1 N–H and O–H groups in total. The molecule has 0 aromatic heterocycles. The van der Waals surface area contributed by atoms with Gasteiger partial charge >= 0.3 is 0 Å². The third-order valence-corrected chi connectivity index (χ3v) is 3.68. The van der Waals surface area contributed by atoms with E-state index in [0.717, 1.165) is 0 Å². The first-order valence-corrected chi connectivity index (χ1v) is 9.75. The van der Waals surface area contributed by atoms with Gasteiger partial charge in [-0.15, -0.1) is 0 Å². The molecule has 0 amide bonds. The second-order valence-corrected chi connectivity index (χ2v) is 5.76. The second-order valence-electron chi connectivity index (χ2n) is 4.08. The molecule has 6 heteroatoms. The topological polar surface area (TPSA) is 46.5 Å². The van der Waals surface area contributed by atoms with Crippen LogP contribution in [0.15, 0.2) is 42.5 Å². The molecule has 20 heavy (non-hydrogen) atoms. The van der Waals surface area contributed by atoms with Crippen molar-refractivity contribution in [3.8, 4) is 11.5 Å². The standard InChI is InChI=1S/C14H11FIO3P/c15-10-3-1-9(2-4-10)7-14(18)12-8-11(19-20-16)5-6-13(12)17/h1-6,8,17,20H,7H2. The van der Waals surface area contributed by atoms with Crippen LogP contribution in [0.5, 0.6) is 11.5 Å². The van der Waals surface area contributed by atoms with Crippen LogP contribution in [-0.4, -0.2) is 10.9 Å². The van der Waals surface area contributed by atoms with Crippen LogP contribution in [0, 0.1) is 5.82 Å². The highest BCUT2D eigenvalue weighted by atomic mass is 127. The Bertz CT molecular complexity index is 616. The predicted octanol–water partition coefficient (Wildman–Crippen LogP) is 4.28. The summed E-state index contributed by atoms with van der Waals surface area (Å²) in [6.07, 6.45) is 0.101. The number of carbonyl (C=O) groups is 1. The Balaban J connectivity index is 2.19. The Hall–Kier alpha value is -1.20. The molecule has 1 atom stereocenters. The molecule has 0 fully saturated rings. The third-order valence-electron chi connectivity index (χ3n) is 2.70. The van der Waals surface area contributed by atoms with E-state index in [4.69, 9.17) is 4.52 Å². The number of Topliss-reactive ketones (excluding diaryl/α,β-unsaturated/α-hetero) is 1. The normalized spacial score (nSPS) is 10.9. The fourth-order valence-electron chi connectivity index (χ4n) is 1.73. The quantitative estimate of drug-likeness (QED) is 0.460. The predicted molar refractivity (Wildman–Crippen MR) is 85.5 cm³/mol. The van der Waals surface area contributed by atoms with E-state index in [1.54, 1.807) is 18.2 Å². The first-order chi connectivity index (χ1) is 9.60. The van der Waals surface area contributed by atoms with Crippen LogP contribution in [-0.2, 0) is 6.42 Å². The number of carbonyl (C=O) groups excluding carboxylic acids is 1. The summed E-state index contributed by atoms with van der Waals surface area (Å²) in [6, 6.07) is 10.3. The molecule has 2 aromatic carbocycles. The van der Waals surface area contributed by atoms with Crippen LogP contribution in [0.4, 0.5) is 4.39 Å². The molecule has 2 aromatic rings. The molecule has 104 valence electrons. The molecule has 1 unspecified atom stereocenters. The Labute approximate surface area is 130 Å². The number of aromatic hydroxyl groups is 1. The Morgan fingerprint density at radius 3 is 2.60 bits per heavy atom. The molecule has 0 radical (unpaired) electrons. The summed E-state index contributed by atoms with van der Waals surface area (Å²) in [5, 5.41) is 9.76. The number of benzene rings is 2. The molecule has 0 bridgehead atoms. The molecule has 3 nitrogen and oxygen atoms in total. The number of phenols is 1. The van der Waals surface area contributed by atoms with Crippen molar-refractivity contribution in [1.82, 2.24) is 0 Å². The van der Waals surface area contributed by atoms with Crippen LogP contribution in [0.3, 0.4) is 0 Å². The van der Waals surface area contributed by atoms with Crippen molar-refractivity contribution in [2.45, 2.75) is 6.42 Å². The van der Waals surface area contributed by atoms with E-state index in [2.05, 4.69) is 22.0 Å².